The van der Waals surface area contributed by atoms with Crippen LogP contribution in [0.15, 0.2) is 84.4 Å². The monoisotopic (exact) mass is 686 g/mol. The van der Waals surface area contributed by atoms with Gasteiger partial charge in [-0.25, -0.2) is 0 Å². The van der Waals surface area contributed by atoms with E-state index in [1.807, 2.05) is 0 Å². The van der Waals surface area contributed by atoms with E-state index >= 15 is 0 Å². The van der Waals surface area contributed by atoms with Gasteiger partial charge in [-0.15, -0.1) is 0 Å². The SMILES string of the molecule is CCC(C)C1=Cc2c(ccc(C(C)(C)C)c2-c2ccccc2C(C)C)[CH]1[Zr]([Cl])([Cl])[c]1cccc2c1[SiH2]c1ccccc1-2. The van der Waals surface area contributed by atoms with E-state index in [-0.39, 0.29) is 9.04 Å². The summed E-state index contributed by atoms with van der Waals surface area (Å²) in [6.45, 7) is 16.3. The topological polar surface area (TPSA) is 0 Å². The molecule has 4 aromatic carbocycles. The molecule has 2 atom stereocenters. The molecule has 0 fully saturated rings. The Balaban J connectivity index is 1.61. The van der Waals surface area contributed by atoms with Crippen molar-refractivity contribution in [1.29, 1.82) is 0 Å². The molecule has 1 heterocycles. The van der Waals surface area contributed by atoms with Gasteiger partial charge in [0, 0.05) is 0 Å². The van der Waals surface area contributed by atoms with E-state index in [1.165, 1.54) is 63.7 Å². The second-order valence-electron chi connectivity index (χ2n) is 13.7. The number of halogens is 2. The molecule has 216 valence electrons. The summed E-state index contributed by atoms with van der Waals surface area (Å²) in [6, 6.07) is 29.5. The molecule has 0 nitrogen and oxygen atoms in total. The second-order valence-corrected chi connectivity index (χ2v) is 29.5. The molecule has 0 saturated carbocycles. The summed E-state index contributed by atoms with van der Waals surface area (Å²) >= 11 is -4.05. The Morgan fingerprint density at radius 2 is 1.48 bits per heavy atom. The van der Waals surface area contributed by atoms with Crippen LogP contribution in [0.4, 0.5) is 0 Å². The average molecular weight is 689 g/mol. The standard InChI is InChI=1S/C26H33.C12H9Si.2ClH.Zr/c1-8-18(4)20-15-19-13-14-24(26(5,6)7)25(23(19)16-20)22-12-10-9-11-21(22)17(2)3;1-3-7-11-9(5-1)10-6-2-4-8-12(10)13-11;;;/h9-18H,8H2,1-7H3;1-7H,13H2;2*1H;/q;;;;+2/p-2. The van der Waals surface area contributed by atoms with Gasteiger partial charge in [0.2, 0.25) is 0 Å². The molecule has 2 aliphatic rings. The molecule has 6 rings (SSSR count). The van der Waals surface area contributed by atoms with E-state index in [2.05, 4.69) is 133 Å². The van der Waals surface area contributed by atoms with E-state index in [4.69, 9.17) is 17.0 Å². The van der Waals surface area contributed by atoms with Crippen LogP contribution in [0.25, 0.3) is 28.3 Å². The van der Waals surface area contributed by atoms with E-state index in [0.717, 1.165) is 6.42 Å². The van der Waals surface area contributed by atoms with Crippen LogP contribution < -0.4 is 13.6 Å². The van der Waals surface area contributed by atoms with Crippen molar-refractivity contribution in [1.82, 2.24) is 0 Å². The minimum atomic E-state index is -4.05. The van der Waals surface area contributed by atoms with Gasteiger partial charge in [0.15, 0.2) is 0 Å². The number of fused-ring (bicyclic) bond motifs is 4. The third-order valence-electron chi connectivity index (χ3n) is 9.65. The zero-order valence-electron chi connectivity index (χ0n) is 26.0. The Labute approximate surface area is 266 Å². The Bertz CT molecular complexity index is 1710. The van der Waals surface area contributed by atoms with Gasteiger partial charge in [-0.05, 0) is 0 Å². The van der Waals surface area contributed by atoms with Gasteiger partial charge in [0.05, 0.1) is 0 Å². The molecular weight excluding hydrogens is 647 g/mol. The van der Waals surface area contributed by atoms with E-state index < -0.39 is 27.4 Å². The first-order valence-electron chi connectivity index (χ1n) is 15.5. The van der Waals surface area contributed by atoms with Gasteiger partial charge in [0.25, 0.3) is 0 Å². The first-order valence-corrected chi connectivity index (χ1v) is 25.9. The molecule has 0 bridgehead atoms. The van der Waals surface area contributed by atoms with Gasteiger partial charge in [0.1, 0.15) is 0 Å². The van der Waals surface area contributed by atoms with Crippen LogP contribution in [-0.4, -0.2) is 9.52 Å². The van der Waals surface area contributed by atoms with Crippen LogP contribution >= 0.6 is 17.0 Å². The van der Waals surface area contributed by atoms with E-state index in [9.17, 15) is 0 Å². The van der Waals surface area contributed by atoms with Crippen LogP contribution in [0.5, 0.6) is 0 Å². The first-order chi connectivity index (χ1) is 19.9. The fraction of sp³-hybridized carbons (Fsp3) is 0.316. The summed E-state index contributed by atoms with van der Waals surface area (Å²) in [6.07, 6.45) is 3.59. The van der Waals surface area contributed by atoms with Crippen LogP contribution in [0.1, 0.15) is 86.7 Å². The first kappa shape index (κ1) is 30.3. The van der Waals surface area contributed by atoms with Gasteiger partial charge < -0.3 is 0 Å². The maximum atomic E-state index is 7.98. The fourth-order valence-electron chi connectivity index (χ4n) is 7.31. The predicted octanol–water partition coefficient (Wildman–Crippen LogP) is 9.15. The van der Waals surface area contributed by atoms with Crippen molar-refractivity contribution in [2.24, 2.45) is 5.92 Å². The molecule has 4 heteroatoms. The third kappa shape index (κ3) is 4.99. The molecule has 42 heavy (non-hydrogen) atoms. The molecule has 1 aliphatic heterocycles. The third-order valence-corrected chi connectivity index (χ3v) is 23.9. The van der Waals surface area contributed by atoms with Gasteiger partial charge in [-0.1, -0.05) is 0 Å². The fourth-order valence-corrected chi connectivity index (χ4v) is 24.2. The molecule has 0 amide bonds. The summed E-state index contributed by atoms with van der Waals surface area (Å²) < 4.78 is 1.40. The minimum absolute atomic E-state index is 0.00313. The molecule has 4 aromatic rings. The van der Waals surface area contributed by atoms with Crippen LogP contribution in [0.3, 0.4) is 0 Å². The van der Waals surface area contributed by atoms with Gasteiger partial charge in [-0.3, -0.25) is 0 Å². The molecule has 0 saturated heterocycles. The zero-order valence-corrected chi connectivity index (χ0v) is 31.4. The number of allylic oxidation sites excluding steroid dienone is 1. The van der Waals surface area contributed by atoms with Crippen molar-refractivity contribution in [3.8, 4) is 22.3 Å². The zero-order chi connectivity index (χ0) is 30.0. The van der Waals surface area contributed by atoms with Crippen molar-refractivity contribution in [3.63, 3.8) is 0 Å². The Hall–Kier alpha value is -1.70. The van der Waals surface area contributed by atoms with E-state index in [1.54, 1.807) is 0 Å². The normalized spacial score (nSPS) is 17.3. The molecule has 0 aromatic heterocycles. The molecule has 2 unspecified atom stereocenters. The van der Waals surface area contributed by atoms with Crippen LogP contribution in [0.2, 0.25) is 0 Å². The predicted molar refractivity (Wildman–Crippen MR) is 186 cm³/mol. The van der Waals surface area contributed by atoms with Crippen molar-refractivity contribution in [3.05, 3.63) is 107 Å². The van der Waals surface area contributed by atoms with Crippen molar-refractivity contribution < 1.29 is 17.9 Å². The summed E-state index contributed by atoms with van der Waals surface area (Å²) in [5, 5.41) is 3.01. The van der Waals surface area contributed by atoms with Gasteiger partial charge >= 0.3 is 269 Å². The molecule has 1 aliphatic carbocycles. The van der Waals surface area contributed by atoms with Crippen molar-refractivity contribution in [2.75, 3.05) is 0 Å². The molecule has 0 N–H and O–H groups in total. The van der Waals surface area contributed by atoms with Crippen molar-refractivity contribution in [2.45, 2.75) is 69.8 Å². The molecule has 0 radical (unpaired) electrons. The quantitative estimate of drug-likeness (QED) is 0.156. The van der Waals surface area contributed by atoms with Crippen molar-refractivity contribution >= 4 is 46.3 Å². The summed E-state index contributed by atoms with van der Waals surface area (Å²) in [5.74, 6) is 0.839. The molecular formula is C38H42Cl2SiZr. The number of hydrogen-bond acceptors (Lipinski definition) is 0. The maximum absolute atomic E-state index is 7.98. The Morgan fingerprint density at radius 1 is 0.810 bits per heavy atom. The molecule has 0 spiro atoms. The number of hydrogen-bond donors (Lipinski definition) is 0. The van der Waals surface area contributed by atoms with Crippen LogP contribution in [-0.2, 0) is 23.3 Å². The summed E-state index contributed by atoms with van der Waals surface area (Å²) in [4.78, 5) is 0. The number of benzene rings is 4. The number of rotatable bonds is 6. The summed E-state index contributed by atoms with van der Waals surface area (Å²) in [5.41, 5.74) is 12.4. The Kier molecular flexibility index (Phi) is 8.19. The van der Waals surface area contributed by atoms with Gasteiger partial charge in [-0.2, -0.15) is 0 Å². The van der Waals surface area contributed by atoms with Crippen LogP contribution in [0, 0.1) is 5.92 Å². The Morgan fingerprint density at radius 3 is 2.17 bits per heavy atom. The summed E-state index contributed by atoms with van der Waals surface area (Å²) in [7, 11) is 15.3. The average Bonchev–Trinajstić information content (AvgIpc) is 3.55. The van der Waals surface area contributed by atoms with E-state index in [0.29, 0.717) is 11.8 Å². The second kappa shape index (κ2) is 11.3.